The highest BCUT2D eigenvalue weighted by Gasteiger charge is 2.24. The summed E-state index contributed by atoms with van der Waals surface area (Å²) in [6.45, 7) is 2.78. The van der Waals surface area contributed by atoms with Crippen molar-refractivity contribution < 1.29 is 9.53 Å². The summed E-state index contributed by atoms with van der Waals surface area (Å²) in [5, 5.41) is 1.01. The Morgan fingerprint density at radius 2 is 2.16 bits per heavy atom. The van der Waals surface area contributed by atoms with Crippen molar-refractivity contribution in [3.8, 4) is 0 Å². The van der Waals surface area contributed by atoms with E-state index in [0.29, 0.717) is 12.3 Å². The zero-order valence-corrected chi connectivity index (χ0v) is 12.2. The van der Waals surface area contributed by atoms with E-state index in [9.17, 15) is 4.79 Å². The Morgan fingerprint density at radius 3 is 2.89 bits per heavy atom. The maximum atomic E-state index is 11.8. The van der Waals surface area contributed by atoms with Crippen LogP contribution in [0.4, 0.5) is 5.13 Å². The number of hydrogen-bond acceptors (Lipinski definition) is 5. The molecular weight excluding hydrogens is 260 g/mol. The van der Waals surface area contributed by atoms with Crippen LogP contribution in [0.2, 0.25) is 0 Å². The second-order valence-electron chi connectivity index (χ2n) is 5.49. The van der Waals surface area contributed by atoms with Gasteiger partial charge in [0.25, 0.3) is 0 Å². The van der Waals surface area contributed by atoms with E-state index < -0.39 is 0 Å². The Balaban J connectivity index is 1.69. The third-order valence-corrected chi connectivity index (χ3v) is 5.21. The maximum Gasteiger partial charge on any atom is 0.185 e. The molecule has 0 bridgehead atoms. The minimum Gasteiger partial charge on any atom is -0.381 e. The van der Waals surface area contributed by atoms with Gasteiger partial charge in [0.1, 0.15) is 0 Å². The van der Waals surface area contributed by atoms with Gasteiger partial charge in [-0.05, 0) is 31.6 Å². The van der Waals surface area contributed by atoms with Gasteiger partial charge >= 0.3 is 0 Å². The predicted molar refractivity (Wildman–Crippen MR) is 76.2 cm³/mol. The van der Waals surface area contributed by atoms with E-state index in [2.05, 4.69) is 16.9 Å². The van der Waals surface area contributed by atoms with Gasteiger partial charge in [0, 0.05) is 33.2 Å². The molecule has 0 radical (unpaired) electrons. The molecule has 2 heterocycles. The molecule has 104 valence electrons. The van der Waals surface area contributed by atoms with Gasteiger partial charge in [0.05, 0.1) is 10.6 Å². The van der Waals surface area contributed by atoms with E-state index in [4.69, 9.17) is 4.74 Å². The molecule has 1 aliphatic carbocycles. The molecule has 1 aliphatic heterocycles. The zero-order valence-electron chi connectivity index (χ0n) is 11.4. The quantitative estimate of drug-likeness (QED) is 0.853. The molecule has 1 aromatic heterocycles. The molecule has 19 heavy (non-hydrogen) atoms. The van der Waals surface area contributed by atoms with Gasteiger partial charge in [0.15, 0.2) is 10.9 Å². The van der Waals surface area contributed by atoms with Crippen LogP contribution < -0.4 is 4.90 Å². The average Bonchev–Trinajstić information content (AvgIpc) is 2.85. The van der Waals surface area contributed by atoms with Gasteiger partial charge < -0.3 is 9.64 Å². The van der Waals surface area contributed by atoms with Crippen LogP contribution >= 0.6 is 11.3 Å². The maximum absolute atomic E-state index is 11.8. The summed E-state index contributed by atoms with van der Waals surface area (Å²) in [5.41, 5.74) is 1.02. The zero-order chi connectivity index (χ0) is 13.2. The van der Waals surface area contributed by atoms with Crippen molar-refractivity contribution in [1.29, 1.82) is 0 Å². The van der Waals surface area contributed by atoms with Crippen LogP contribution in [-0.2, 0) is 11.2 Å². The summed E-state index contributed by atoms with van der Waals surface area (Å²) in [6.07, 6.45) is 4.88. The number of anilines is 1. The third-order valence-electron chi connectivity index (χ3n) is 3.96. The van der Waals surface area contributed by atoms with Crippen LogP contribution in [0.5, 0.6) is 0 Å². The van der Waals surface area contributed by atoms with Gasteiger partial charge in [-0.25, -0.2) is 4.98 Å². The molecule has 0 atom stereocenters. The highest BCUT2D eigenvalue weighted by atomic mass is 32.1. The highest BCUT2D eigenvalue weighted by molar-refractivity contribution is 7.17. The number of fused-ring (bicyclic) bond motifs is 1. The van der Waals surface area contributed by atoms with Gasteiger partial charge in [-0.15, -0.1) is 0 Å². The molecule has 0 unspecified atom stereocenters. The fraction of sp³-hybridized carbons (Fsp3) is 0.714. The van der Waals surface area contributed by atoms with Crippen molar-refractivity contribution in [2.45, 2.75) is 32.1 Å². The Hall–Kier alpha value is -0.940. The lowest BCUT2D eigenvalue weighted by Gasteiger charge is -2.26. The first-order valence-electron chi connectivity index (χ1n) is 7.06. The van der Waals surface area contributed by atoms with Crippen LogP contribution in [0.25, 0.3) is 0 Å². The lowest BCUT2D eigenvalue weighted by atomic mass is 10.0. The number of thiazole rings is 1. The summed E-state index contributed by atoms with van der Waals surface area (Å²) in [4.78, 5) is 19.6. The largest absolute Gasteiger partial charge is 0.381 e. The van der Waals surface area contributed by atoms with Crippen molar-refractivity contribution >= 4 is 22.3 Å². The van der Waals surface area contributed by atoms with Crippen LogP contribution in [-0.4, -0.2) is 37.6 Å². The number of nitrogens with zero attached hydrogens (tertiary/aromatic N) is 2. The normalized spacial score (nSPS) is 20.4. The van der Waals surface area contributed by atoms with Gasteiger partial charge in [-0.3, -0.25) is 4.79 Å². The fourth-order valence-corrected chi connectivity index (χ4v) is 3.86. The van der Waals surface area contributed by atoms with Gasteiger partial charge in [-0.1, -0.05) is 11.3 Å². The van der Waals surface area contributed by atoms with Gasteiger partial charge in [0.2, 0.25) is 0 Å². The van der Waals surface area contributed by atoms with E-state index in [1.54, 1.807) is 11.3 Å². The molecule has 5 heteroatoms. The van der Waals surface area contributed by atoms with Crippen LogP contribution in [0.1, 0.15) is 41.0 Å². The first-order valence-corrected chi connectivity index (χ1v) is 7.87. The molecule has 1 fully saturated rings. The monoisotopic (exact) mass is 280 g/mol. The summed E-state index contributed by atoms with van der Waals surface area (Å²) in [5.74, 6) is 0.972. The SMILES string of the molecule is CN(CC1CCOCC1)c1nc2c(s1)C(=O)CCC2. The van der Waals surface area contributed by atoms with Gasteiger partial charge in [-0.2, -0.15) is 0 Å². The molecule has 0 aromatic carbocycles. The van der Waals surface area contributed by atoms with Crippen molar-refractivity contribution in [3.05, 3.63) is 10.6 Å². The molecule has 4 nitrogen and oxygen atoms in total. The van der Waals surface area contributed by atoms with Crippen molar-refractivity contribution in [2.24, 2.45) is 5.92 Å². The molecule has 1 aromatic rings. The van der Waals surface area contributed by atoms with E-state index in [1.807, 2.05) is 0 Å². The number of carbonyl (C=O) groups is 1. The number of Topliss-reactive ketones (excluding diaryl/α,β-unsaturated/α-hetero) is 1. The van der Waals surface area contributed by atoms with E-state index >= 15 is 0 Å². The molecule has 0 N–H and O–H groups in total. The second-order valence-corrected chi connectivity index (χ2v) is 6.46. The standard InChI is InChI=1S/C14H20N2O2S/c1-16(9-10-5-7-18-8-6-10)14-15-11-3-2-4-12(17)13(11)19-14/h10H,2-9H2,1H3. The molecular formula is C14H20N2O2S. The Morgan fingerprint density at radius 1 is 1.37 bits per heavy atom. The Labute approximate surface area is 117 Å². The van der Waals surface area contributed by atoms with E-state index in [0.717, 1.165) is 61.1 Å². The average molecular weight is 280 g/mol. The molecule has 2 aliphatic rings. The minimum atomic E-state index is 0.282. The molecule has 0 amide bonds. The topological polar surface area (TPSA) is 42.4 Å². The summed E-state index contributed by atoms with van der Waals surface area (Å²) in [6, 6.07) is 0. The van der Waals surface area contributed by atoms with Crippen LogP contribution in [0.15, 0.2) is 0 Å². The first-order chi connectivity index (χ1) is 9.24. The number of aryl methyl sites for hydroxylation is 1. The molecule has 0 saturated carbocycles. The van der Waals surface area contributed by atoms with E-state index in [-0.39, 0.29) is 5.78 Å². The van der Waals surface area contributed by atoms with Crippen molar-refractivity contribution in [3.63, 3.8) is 0 Å². The predicted octanol–water partition coefficient (Wildman–Crippen LogP) is 2.52. The number of rotatable bonds is 3. The first kappa shape index (κ1) is 13.1. The number of ketones is 1. The number of ether oxygens (including phenoxy) is 1. The Kier molecular flexibility index (Phi) is 3.84. The Bertz CT molecular complexity index is 466. The fourth-order valence-electron chi connectivity index (χ4n) is 2.81. The lowest BCUT2D eigenvalue weighted by Crippen LogP contribution is -2.29. The minimum absolute atomic E-state index is 0.282. The smallest absolute Gasteiger partial charge is 0.185 e. The second kappa shape index (κ2) is 5.59. The number of aromatic nitrogens is 1. The number of hydrogen-bond donors (Lipinski definition) is 0. The van der Waals surface area contributed by atoms with Crippen LogP contribution in [0, 0.1) is 5.92 Å². The molecule has 3 rings (SSSR count). The highest BCUT2D eigenvalue weighted by Crippen LogP contribution is 2.32. The van der Waals surface area contributed by atoms with Crippen molar-refractivity contribution in [1.82, 2.24) is 4.98 Å². The lowest BCUT2D eigenvalue weighted by molar-refractivity contribution is 0.0685. The summed E-state index contributed by atoms with van der Waals surface area (Å²) < 4.78 is 5.39. The third kappa shape index (κ3) is 2.82. The number of carbonyl (C=O) groups excluding carboxylic acids is 1. The van der Waals surface area contributed by atoms with Crippen molar-refractivity contribution in [2.75, 3.05) is 31.7 Å². The van der Waals surface area contributed by atoms with Crippen LogP contribution in [0.3, 0.4) is 0 Å². The molecule has 1 saturated heterocycles. The van der Waals surface area contributed by atoms with E-state index in [1.165, 1.54) is 0 Å². The summed E-state index contributed by atoms with van der Waals surface area (Å²) in [7, 11) is 2.09. The molecule has 0 spiro atoms. The summed E-state index contributed by atoms with van der Waals surface area (Å²) >= 11 is 1.57.